The molecule has 0 saturated carbocycles. The molecule has 0 radical (unpaired) electrons. The molecule has 17 heavy (non-hydrogen) atoms. The largest absolute Gasteiger partial charge is 0.508 e. The fourth-order valence-corrected chi connectivity index (χ4v) is 1.67. The average molecular weight is 236 g/mol. The Morgan fingerprint density at radius 2 is 2.00 bits per heavy atom. The standard InChI is InChI=1S/C13H20N2O2/c1-3-8-15(10-13(17)14-2)9-11-4-6-12(16)7-5-11/h4-7,16H,3,8-10H2,1-2H3,(H,14,17). The molecule has 0 aliphatic carbocycles. The Morgan fingerprint density at radius 3 is 2.53 bits per heavy atom. The molecule has 0 atom stereocenters. The van der Waals surface area contributed by atoms with Crippen molar-refractivity contribution in [1.82, 2.24) is 10.2 Å². The maximum atomic E-state index is 11.3. The molecule has 4 nitrogen and oxygen atoms in total. The molecular formula is C13H20N2O2. The number of amides is 1. The van der Waals surface area contributed by atoms with Crippen LogP contribution in [0.5, 0.6) is 5.75 Å². The molecule has 0 aliphatic rings. The molecule has 0 aromatic heterocycles. The van der Waals surface area contributed by atoms with Crippen molar-refractivity contribution >= 4 is 5.91 Å². The van der Waals surface area contributed by atoms with Gasteiger partial charge in [0.05, 0.1) is 6.54 Å². The molecular weight excluding hydrogens is 216 g/mol. The Labute approximate surface area is 102 Å². The lowest BCUT2D eigenvalue weighted by atomic mass is 10.2. The van der Waals surface area contributed by atoms with Crippen molar-refractivity contribution < 1.29 is 9.90 Å². The van der Waals surface area contributed by atoms with Gasteiger partial charge >= 0.3 is 0 Å². The second-order valence-electron chi connectivity index (χ2n) is 4.05. The number of aromatic hydroxyl groups is 1. The van der Waals surface area contributed by atoms with Gasteiger partial charge in [0.2, 0.25) is 5.91 Å². The number of benzene rings is 1. The molecule has 0 aliphatic heterocycles. The Hall–Kier alpha value is -1.55. The topological polar surface area (TPSA) is 52.6 Å². The maximum Gasteiger partial charge on any atom is 0.233 e. The second-order valence-corrected chi connectivity index (χ2v) is 4.05. The van der Waals surface area contributed by atoms with Gasteiger partial charge in [-0.3, -0.25) is 9.69 Å². The van der Waals surface area contributed by atoms with E-state index in [1.165, 1.54) is 0 Å². The van der Waals surface area contributed by atoms with Crippen molar-refractivity contribution in [2.45, 2.75) is 19.9 Å². The fraction of sp³-hybridized carbons (Fsp3) is 0.462. The molecule has 1 aromatic rings. The minimum atomic E-state index is 0.0252. The van der Waals surface area contributed by atoms with E-state index in [-0.39, 0.29) is 11.7 Å². The molecule has 0 heterocycles. The van der Waals surface area contributed by atoms with Crippen LogP contribution in [-0.2, 0) is 11.3 Å². The SMILES string of the molecule is CCCN(CC(=O)NC)Cc1ccc(O)cc1. The fourth-order valence-electron chi connectivity index (χ4n) is 1.67. The summed E-state index contributed by atoms with van der Waals surface area (Å²) in [6.07, 6.45) is 1.01. The Kier molecular flexibility index (Phi) is 5.49. The van der Waals surface area contributed by atoms with Gasteiger partial charge < -0.3 is 10.4 Å². The van der Waals surface area contributed by atoms with E-state index in [4.69, 9.17) is 0 Å². The second kappa shape index (κ2) is 6.91. The first kappa shape index (κ1) is 13.5. The number of rotatable bonds is 6. The van der Waals surface area contributed by atoms with Gasteiger partial charge in [0.1, 0.15) is 5.75 Å². The zero-order valence-electron chi connectivity index (χ0n) is 10.4. The normalized spacial score (nSPS) is 10.5. The Balaban J connectivity index is 2.59. The van der Waals surface area contributed by atoms with Gasteiger partial charge in [0.15, 0.2) is 0 Å². The summed E-state index contributed by atoms with van der Waals surface area (Å²) in [5, 5.41) is 11.8. The van der Waals surface area contributed by atoms with Gasteiger partial charge in [0, 0.05) is 13.6 Å². The van der Waals surface area contributed by atoms with Crippen molar-refractivity contribution in [2.75, 3.05) is 20.1 Å². The zero-order chi connectivity index (χ0) is 12.7. The highest BCUT2D eigenvalue weighted by atomic mass is 16.3. The predicted molar refractivity (Wildman–Crippen MR) is 67.7 cm³/mol. The van der Waals surface area contributed by atoms with Crippen molar-refractivity contribution in [3.05, 3.63) is 29.8 Å². The van der Waals surface area contributed by atoms with Crippen LogP contribution in [0, 0.1) is 0 Å². The van der Waals surface area contributed by atoms with Crippen molar-refractivity contribution in [2.24, 2.45) is 0 Å². The van der Waals surface area contributed by atoms with Gasteiger partial charge in [-0.2, -0.15) is 0 Å². The summed E-state index contributed by atoms with van der Waals surface area (Å²) in [7, 11) is 1.65. The molecule has 0 spiro atoms. The molecule has 4 heteroatoms. The van der Waals surface area contributed by atoms with E-state index in [2.05, 4.69) is 17.1 Å². The van der Waals surface area contributed by atoms with Gasteiger partial charge in [-0.1, -0.05) is 19.1 Å². The van der Waals surface area contributed by atoms with Crippen molar-refractivity contribution in [3.63, 3.8) is 0 Å². The third kappa shape index (κ3) is 4.87. The van der Waals surface area contributed by atoms with Gasteiger partial charge in [0.25, 0.3) is 0 Å². The van der Waals surface area contributed by atoms with Gasteiger partial charge in [-0.25, -0.2) is 0 Å². The summed E-state index contributed by atoms with van der Waals surface area (Å²) in [4.78, 5) is 13.4. The number of likely N-dealkylation sites (N-methyl/N-ethyl adjacent to an activating group) is 1. The first-order valence-electron chi connectivity index (χ1n) is 5.86. The smallest absolute Gasteiger partial charge is 0.233 e. The molecule has 0 saturated heterocycles. The molecule has 1 rings (SSSR count). The van der Waals surface area contributed by atoms with E-state index in [0.29, 0.717) is 6.54 Å². The minimum absolute atomic E-state index is 0.0252. The number of nitrogens with one attached hydrogen (secondary N) is 1. The third-order valence-electron chi connectivity index (χ3n) is 2.53. The lowest BCUT2D eigenvalue weighted by Gasteiger charge is -2.20. The van der Waals surface area contributed by atoms with Gasteiger partial charge in [-0.05, 0) is 30.7 Å². The average Bonchev–Trinajstić information content (AvgIpc) is 2.32. The Bertz CT molecular complexity index is 349. The predicted octanol–water partition coefficient (Wildman–Crippen LogP) is 1.35. The van der Waals surface area contributed by atoms with E-state index < -0.39 is 0 Å². The van der Waals surface area contributed by atoms with Crippen LogP contribution in [0.4, 0.5) is 0 Å². The van der Waals surface area contributed by atoms with Crippen LogP contribution in [-0.4, -0.2) is 36.1 Å². The monoisotopic (exact) mass is 236 g/mol. The molecule has 0 bridgehead atoms. The first-order valence-corrected chi connectivity index (χ1v) is 5.86. The van der Waals surface area contributed by atoms with Crippen LogP contribution >= 0.6 is 0 Å². The molecule has 1 aromatic carbocycles. The number of nitrogens with zero attached hydrogens (tertiary/aromatic N) is 1. The highest BCUT2D eigenvalue weighted by molar-refractivity contribution is 5.77. The number of carbonyl (C=O) groups is 1. The molecule has 1 amide bonds. The van der Waals surface area contributed by atoms with Crippen LogP contribution in [0.1, 0.15) is 18.9 Å². The van der Waals surface area contributed by atoms with Crippen molar-refractivity contribution in [1.29, 1.82) is 0 Å². The molecule has 0 unspecified atom stereocenters. The van der Waals surface area contributed by atoms with E-state index >= 15 is 0 Å². The summed E-state index contributed by atoms with van der Waals surface area (Å²) in [6, 6.07) is 7.09. The number of phenolic OH excluding ortho intramolecular Hbond substituents is 1. The van der Waals surface area contributed by atoms with E-state index in [1.54, 1.807) is 19.2 Å². The molecule has 94 valence electrons. The van der Waals surface area contributed by atoms with E-state index in [9.17, 15) is 9.90 Å². The van der Waals surface area contributed by atoms with Crippen LogP contribution in [0.3, 0.4) is 0 Å². The van der Waals surface area contributed by atoms with E-state index in [1.807, 2.05) is 12.1 Å². The number of carbonyl (C=O) groups excluding carboxylic acids is 1. The summed E-state index contributed by atoms with van der Waals surface area (Å²) < 4.78 is 0. The summed E-state index contributed by atoms with van der Waals surface area (Å²) >= 11 is 0. The van der Waals surface area contributed by atoms with Crippen LogP contribution < -0.4 is 5.32 Å². The summed E-state index contributed by atoms with van der Waals surface area (Å²) in [5.74, 6) is 0.291. The maximum absolute atomic E-state index is 11.3. The highest BCUT2D eigenvalue weighted by Crippen LogP contribution is 2.11. The highest BCUT2D eigenvalue weighted by Gasteiger charge is 2.09. The zero-order valence-corrected chi connectivity index (χ0v) is 10.4. The minimum Gasteiger partial charge on any atom is -0.508 e. The van der Waals surface area contributed by atoms with E-state index in [0.717, 1.165) is 25.1 Å². The number of hydrogen-bond donors (Lipinski definition) is 2. The summed E-state index contributed by atoms with van der Waals surface area (Å²) in [5.41, 5.74) is 1.10. The van der Waals surface area contributed by atoms with Gasteiger partial charge in [-0.15, -0.1) is 0 Å². The van der Waals surface area contributed by atoms with Crippen molar-refractivity contribution in [3.8, 4) is 5.75 Å². The first-order chi connectivity index (χ1) is 8.15. The molecule has 0 fully saturated rings. The summed E-state index contributed by atoms with van der Waals surface area (Å²) in [6.45, 7) is 4.11. The number of hydrogen-bond acceptors (Lipinski definition) is 3. The van der Waals surface area contributed by atoms with Crippen LogP contribution in [0.25, 0.3) is 0 Å². The quantitative estimate of drug-likeness (QED) is 0.784. The third-order valence-corrected chi connectivity index (χ3v) is 2.53. The van der Waals surface area contributed by atoms with Crippen LogP contribution in [0.2, 0.25) is 0 Å². The number of phenols is 1. The molecule has 2 N–H and O–H groups in total. The lowest BCUT2D eigenvalue weighted by Crippen LogP contribution is -2.35. The lowest BCUT2D eigenvalue weighted by molar-refractivity contribution is -0.121. The van der Waals surface area contributed by atoms with Crippen LogP contribution in [0.15, 0.2) is 24.3 Å². The Morgan fingerprint density at radius 1 is 1.35 bits per heavy atom.